The van der Waals surface area contributed by atoms with Crippen LogP contribution in [0.3, 0.4) is 0 Å². The van der Waals surface area contributed by atoms with Crippen LogP contribution in [0.25, 0.3) is 0 Å². The third-order valence-corrected chi connectivity index (χ3v) is 0.888. The summed E-state index contributed by atoms with van der Waals surface area (Å²) in [5.41, 5.74) is 0. The van der Waals surface area contributed by atoms with Crippen LogP contribution >= 0.6 is 0 Å². The zero-order chi connectivity index (χ0) is 5.98. The molecule has 46 valence electrons. The summed E-state index contributed by atoms with van der Waals surface area (Å²) in [7, 11) is 0. The molecule has 1 unspecified atom stereocenters. The van der Waals surface area contributed by atoms with Gasteiger partial charge in [0, 0.05) is 6.92 Å². The lowest BCUT2D eigenvalue weighted by Gasteiger charge is -2.15. The second kappa shape index (κ2) is 2.03. The Bertz CT molecular complexity index is 111. The van der Waals surface area contributed by atoms with Crippen molar-refractivity contribution in [3.63, 3.8) is 0 Å². The number of oxime groups is 1. The highest BCUT2D eigenvalue weighted by Crippen LogP contribution is 2.00. The number of nitrogens with zero attached hydrogens (tertiary/aromatic N) is 1. The highest BCUT2D eigenvalue weighted by atomic mass is 16.7. The third-order valence-electron chi connectivity index (χ3n) is 0.888. The van der Waals surface area contributed by atoms with Crippen molar-refractivity contribution in [2.24, 2.45) is 5.16 Å². The SMILES string of the molecule is CC1=NOC(C)CO1. The van der Waals surface area contributed by atoms with Crippen molar-refractivity contribution < 1.29 is 9.57 Å². The van der Waals surface area contributed by atoms with Crippen molar-refractivity contribution in [2.45, 2.75) is 20.0 Å². The van der Waals surface area contributed by atoms with Crippen LogP contribution in [0.15, 0.2) is 5.16 Å². The van der Waals surface area contributed by atoms with E-state index in [9.17, 15) is 0 Å². The summed E-state index contributed by atoms with van der Waals surface area (Å²) in [6.07, 6.45) is 0.110. The molecule has 3 heteroatoms. The van der Waals surface area contributed by atoms with Crippen LogP contribution in [-0.2, 0) is 9.57 Å². The Morgan fingerprint density at radius 1 is 1.75 bits per heavy atom. The molecule has 0 aliphatic carbocycles. The molecular weight excluding hydrogens is 106 g/mol. The molecule has 0 aromatic heterocycles. The maximum atomic E-state index is 5.02. The summed E-state index contributed by atoms with van der Waals surface area (Å²) in [4.78, 5) is 4.85. The van der Waals surface area contributed by atoms with E-state index in [-0.39, 0.29) is 6.10 Å². The normalized spacial score (nSPS) is 27.8. The van der Waals surface area contributed by atoms with E-state index < -0.39 is 0 Å². The fourth-order valence-electron chi connectivity index (χ4n) is 0.459. The Morgan fingerprint density at radius 2 is 2.50 bits per heavy atom. The average molecular weight is 115 g/mol. The number of rotatable bonds is 0. The second-order valence-electron chi connectivity index (χ2n) is 1.84. The summed E-state index contributed by atoms with van der Waals surface area (Å²) >= 11 is 0. The molecule has 0 aromatic rings. The molecule has 0 radical (unpaired) electrons. The molecule has 0 amide bonds. The molecule has 1 aliphatic rings. The maximum Gasteiger partial charge on any atom is 0.222 e. The molecule has 8 heavy (non-hydrogen) atoms. The monoisotopic (exact) mass is 115 g/mol. The van der Waals surface area contributed by atoms with E-state index in [1.165, 1.54) is 0 Å². The van der Waals surface area contributed by atoms with Crippen LogP contribution in [-0.4, -0.2) is 18.6 Å². The van der Waals surface area contributed by atoms with Crippen molar-refractivity contribution in [1.82, 2.24) is 0 Å². The fraction of sp³-hybridized carbons (Fsp3) is 0.800. The molecule has 0 saturated carbocycles. The summed E-state index contributed by atoms with van der Waals surface area (Å²) < 4.78 is 5.02. The van der Waals surface area contributed by atoms with Gasteiger partial charge in [0.2, 0.25) is 5.90 Å². The van der Waals surface area contributed by atoms with Crippen LogP contribution in [0.5, 0.6) is 0 Å². The van der Waals surface area contributed by atoms with Gasteiger partial charge in [-0.3, -0.25) is 0 Å². The van der Waals surface area contributed by atoms with Crippen molar-refractivity contribution >= 4 is 5.90 Å². The molecule has 0 spiro atoms. The van der Waals surface area contributed by atoms with Crippen molar-refractivity contribution in [2.75, 3.05) is 6.61 Å². The van der Waals surface area contributed by atoms with E-state index in [0.717, 1.165) is 0 Å². The summed E-state index contributed by atoms with van der Waals surface area (Å²) in [5, 5.41) is 3.61. The molecule has 0 N–H and O–H groups in total. The van der Waals surface area contributed by atoms with Gasteiger partial charge in [0.25, 0.3) is 0 Å². The molecule has 3 nitrogen and oxygen atoms in total. The van der Waals surface area contributed by atoms with E-state index >= 15 is 0 Å². The van der Waals surface area contributed by atoms with Crippen molar-refractivity contribution in [3.8, 4) is 0 Å². The van der Waals surface area contributed by atoms with Gasteiger partial charge in [-0.05, 0) is 6.92 Å². The quantitative estimate of drug-likeness (QED) is 0.466. The van der Waals surface area contributed by atoms with Gasteiger partial charge in [0.1, 0.15) is 6.61 Å². The molecular formula is C5H9NO2. The topological polar surface area (TPSA) is 30.8 Å². The van der Waals surface area contributed by atoms with E-state index in [2.05, 4.69) is 5.16 Å². The Balaban J connectivity index is 2.42. The van der Waals surface area contributed by atoms with E-state index in [4.69, 9.17) is 9.57 Å². The van der Waals surface area contributed by atoms with Gasteiger partial charge in [-0.1, -0.05) is 5.16 Å². The van der Waals surface area contributed by atoms with Crippen LogP contribution < -0.4 is 0 Å². The average Bonchev–Trinajstić information content (AvgIpc) is 1.77. The van der Waals surface area contributed by atoms with Gasteiger partial charge in [-0.2, -0.15) is 0 Å². The standard InChI is InChI=1S/C5H9NO2/c1-4-3-7-5(2)6-8-4/h4H,3H2,1-2H3. The number of hydrogen-bond acceptors (Lipinski definition) is 3. The highest BCUT2D eigenvalue weighted by molar-refractivity contribution is 5.72. The predicted molar refractivity (Wildman–Crippen MR) is 29.6 cm³/mol. The zero-order valence-electron chi connectivity index (χ0n) is 5.05. The van der Waals surface area contributed by atoms with Crippen LogP contribution in [0.2, 0.25) is 0 Å². The molecule has 0 fully saturated rings. The first-order chi connectivity index (χ1) is 3.79. The van der Waals surface area contributed by atoms with E-state index in [1.54, 1.807) is 6.92 Å². The Hall–Kier alpha value is -0.730. The first-order valence-electron chi connectivity index (χ1n) is 2.62. The van der Waals surface area contributed by atoms with E-state index in [1.807, 2.05) is 6.92 Å². The minimum atomic E-state index is 0.110. The molecule has 0 bridgehead atoms. The molecule has 0 saturated heterocycles. The van der Waals surface area contributed by atoms with Gasteiger partial charge in [0.15, 0.2) is 6.10 Å². The van der Waals surface area contributed by atoms with Crippen LogP contribution in [0, 0.1) is 0 Å². The minimum Gasteiger partial charge on any atom is -0.475 e. The number of ether oxygens (including phenoxy) is 1. The fourth-order valence-corrected chi connectivity index (χ4v) is 0.459. The first kappa shape index (κ1) is 5.41. The highest BCUT2D eigenvalue weighted by Gasteiger charge is 2.08. The summed E-state index contributed by atoms with van der Waals surface area (Å²) in [6, 6.07) is 0. The summed E-state index contributed by atoms with van der Waals surface area (Å²) in [5.74, 6) is 0.614. The van der Waals surface area contributed by atoms with Crippen LogP contribution in [0.4, 0.5) is 0 Å². The lowest BCUT2D eigenvalue weighted by molar-refractivity contribution is 0.000235. The Kier molecular flexibility index (Phi) is 1.37. The zero-order valence-corrected chi connectivity index (χ0v) is 5.05. The van der Waals surface area contributed by atoms with Crippen LogP contribution in [0.1, 0.15) is 13.8 Å². The maximum absolute atomic E-state index is 5.02. The second-order valence-corrected chi connectivity index (χ2v) is 1.84. The molecule has 1 heterocycles. The third kappa shape index (κ3) is 1.12. The van der Waals surface area contributed by atoms with Crippen molar-refractivity contribution in [1.29, 1.82) is 0 Å². The van der Waals surface area contributed by atoms with Gasteiger partial charge < -0.3 is 9.57 Å². The molecule has 1 atom stereocenters. The van der Waals surface area contributed by atoms with Crippen molar-refractivity contribution in [3.05, 3.63) is 0 Å². The summed E-state index contributed by atoms with van der Waals surface area (Å²) in [6.45, 7) is 4.30. The molecule has 0 aromatic carbocycles. The predicted octanol–water partition coefficient (Wildman–Crippen LogP) is 0.755. The number of hydrogen-bond donors (Lipinski definition) is 0. The van der Waals surface area contributed by atoms with E-state index in [0.29, 0.717) is 12.5 Å². The van der Waals surface area contributed by atoms with Gasteiger partial charge in [-0.15, -0.1) is 0 Å². The lowest BCUT2D eigenvalue weighted by atomic mass is 10.4. The Labute approximate surface area is 48.3 Å². The molecule has 1 rings (SSSR count). The first-order valence-corrected chi connectivity index (χ1v) is 2.62. The van der Waals surface area contributed by atoms with Gasteiger partial charge >= 0.3 is 0 Å². The minimum absolute atomic E-state index is 0.110. The van der Waals surface area contributed by atoms with Gasteiger partial charge in [-0.25, -0.2) is 0 Å². The largest absolute Gasteiger partial charge is 0.475 e. The lowest BCUT2D eigenvalue weighted by Crippen LogP contribution is -2.21. The van der Waals surface area contributed by atoms with Gasteiger partial charge in [0.05, 0.1) is 0 Å². The molecule has 1 aliphatic heterocycles. The Morgan fingerprint density at radius 3 is 2.88 bits per heavy atom. The smallest absolute Gasteiger partial charge is 0.222 e.